The van der Waals surface area contributed by atoms with Crippen LogP contribution in [-0.4, -0.2) is 59.8 Å². The quantitative estimate of drug-likeness (QED) is 0.390. The van der Waals surface area contributed by atoms with Crippen molar-refractivity contribution in [3.8, 4) is 5.75 Å². The number of aliphatic carboxylic acids is 1. The minimum absolute atomic E-state index is 0.0156. The zero-order chi connectivity index (χ0) is 27.9. The van der Waals surface area contributed by atoms with Gasteiger partial charge in [0.25, 0.3) is 11.8 Å². The number of carboxylic acids is 1. The van der Waals surface area contributed by atoms with Crippen LogP contribution in [0.15, 0.2) is 42.5 Å². The van der Waals surface area contributed by atoms with Gasteiger partial charge in [-0.15, -0.1) is 0 Å². The lowest BCUT2D eigenvalue weighted by atomic mass is 9.94. The maximum Gasteiger partial charge on any atom is 0.326 e. The van der Waals surface area contributed by atoms with Crippen LogP contribution in [0.2, 0.25) is 10.0 Å². The molecule has 2 aromatic carbocycles. The molecule has 39 heavy (non-hydrogen) atoms. The maximum atomic E-state index is 12.9. The number of Topliss-reactive ketones (excluding diaryl/α,β-unsaturated/α-hetero) is 1. The van der Waals surface area contributed by atoms with E-state index in [2.05, 4.69) is 10.6 Å². The third-order valence-electron chi connectivity index (χ3n) is 6.60. The molecule has 1 saturated heterocycles. The Bertz CT molecular complexity index is 1190. The molecule has 2 fully saturated rings. The fourth-order valence-electron chi connectivity index (χ4n) is 4.39. The molecule has 3 N–H and O–H groups in total. The predicted octanol–water partition coefficient (Wildman–Crippen LogP) is 3.05. The highest BCUT2D eigenvalue weighted by atomic mass is 35.5. The molecular formula is C27H28Cl2N2O8. The molecule has 1 aliphatic heterocycles. The number of amides is 2. The first kappa shape index (κ1) is 28.8. The van der Waals surface area contributed by atoms with Gasteiger partial charge in [0.05, 0.1) is 0 Å². The lowest BCUT2D eigenvalue weighted by Crippen LogP contribution is -2.53. The number of ether oxygens (including phenoxy) is 3. The van der Waals surface area contributed by atoms with Crippen LogP contribution in [-0.2, 0) is 41.7 Å². The molecule has 10 nitrogen and oxygen atoms in total. The number of hydrogen-bond donors (Lipinski definition) is 3. The SMILES string of the molecule is O=C1CCC(NC(=O)C2OCOC2C(=O)NC(Cc2ccc(OCc3c(Cl)cccc3Cl)cc2)C(=O)O)CC1. The van der Waals surface area contributed by atoms with Crippen molar-refractivity contribution in [2.75, 3.05) is 6.79 Å². The third kappa shape index (κ3) is 7.69. The molecule has 2 aromatic rings. The van der Waals surface area contributed by atoms with Gasteiger partial charge < -0.3 is 30.0 Å². The van der Waals surface area contributed by atoms with E-state index in [1.807, 2.05) is 0 Å². The van der Waals surface area contributed by atoms with Crippen LogP contribution in [0.25, 0.3) is 0 Å². The zero-order valence-corrected chi connectivity index (χ0v) is 22.4. The normalized spacial score (nSPS) is 20.3. The standard InChI is InChI=1S/C27H28Cl2N2O8/c28-20-2-1-3-21(29)19(20)13-37-18-10-4-15(5-11-18)12-22(27(35)36)31-26(34)24-23(38-14-39-24)25(33)30-16-6-8-17(32)9-7-16/h1-5,10-11,16,22-24H,6-9,12-14H2,(H,30,33)(H,31,34)(H,35,36). The van der Waals surface area contributed by atoms with E-state index in [-0.39, 0.29) is 31.6 Å². The van der Waals surface area contributed by atoms with Gasteiger partial charge in [0, 0.05) is 40.9 Å². The van der Waals surface area contributed by atoms with Gasteiger partial charge in [0.2, 0.25) is 0 Å². The van der Waals surface area contributed by atoms with Crippen LogP contribution in [0.5, 0.6) is 5.75 Å². The molecule has 1 saturated carbocycles. The van der Waals surface area contributed by atoms with Crippen molar-refractivity contribution in [2.45, 2.75) is 63.0 Å². The van der Waals surface area contributed by atoms with E-state index in [9.17, 15) is 24.3 Å². The fourth-order valence-corrected chi connectivity index (χ4v) is 4.90. The Labute approximate surface area is 234 Å². The number of halogens is 2. The average molecular weight is 579 g/mol. The van der Waals surface area contributed by atoms with Crippen molar-refractivity contribution >= 4 is 46.8 Å². The Kier molecular flexibility index (Phi) is 9.79. The molecule has 1 aliphatic carbocycles. The summed E-state index contributed by atoms with van der Waals surface area (Å²) in [6, 6.07) is 10.4. The molecule has 0 aromatic heterocycles. The van der Waals surface area contributed by atoms with Gasteiger partial charge in [0.15, 0.2) is 12.2 Å². The van der Waals surface area contributed by atoms with Crippen molar-refractivity contribution in [3.05, 3.63) is 63.6 Å². The van der Waals surface area contributed by atoms with Crippen molar-refractivity contribution < 1.29 is 38.5 Å². The van der Waals surface area contributed by atoms with Gasteiger partial charge in [-0.2, -0.15) is 0 Å². The second kappa shape index (κ2) is 13.3. The molecule has 2 amide bonds. The molecular weight excluding hydrogens is 551 g/mol. The monoisotopic (exact) mass is 578 g/mol. The predicted molar refractivity (Wildman–Crippen MR) is 141 cm³/mol. The van der Waals surface area contributed by atoms with Gasteiger partial charge >= 0.3 is 5.97 Å². The van der Waals surface area contributed by atoms with Crippen LogP contribution in [0.1, 0.15) is 36.8 Å². The number of ketones is 1. The second-order valence-electron chi connectivity index (χ2n) is 9.35. The highest BCUT2D eigenvalue weighted by molar-refractivity contribution is 6.35. The topological polar surface area (TPSA) is 140 Å². The Morgan fingerprint density at radius 2 is 1.59 bits per heavy atom. The summed E-state index contributed by atoms with van der Waals surface area (Å²) in [7, 11) is 0. The van der Waals surface area contributed by atoms with Crippen molar-refractivity contribution in [3.63, 3.8) is 0 Å². The number of carbonyl (C=O) groups excluding carboxylic acids is 3. The van der Waals surface area contributed by atoms with E-state index in [0.717, 1.165) is 0 Å². The fraction of sp³-hybridized carbons (Fsp3) is 0.407. The van der Waals surface area contributed by atoms with Gasteiger partial charge in [0.1, 0.15) is 31.0 Å². The minimum atomic E-state index is -1.30. The van der Waals surface area contributed by atoms with E-state index in [0.29, 0.717) is 52.6 Å². The lowest BCUT2D eigenvalue weighted by Gasteiger charge is -2.25. The first-order chi connectivity index (χ1) is 18.7. The first-order valence-electron chi connectivity index (χ1n) is 12.4. The summed E-state index contributed by atoms with van der Waals surface area (Å²) in [5.74, 6) is -1.87. The largest absolute Gasteiger partial charge is 0.489 e. The van der Waals surface area contributed by atoms with E-state index in [4.69, 9.17) is 37.4 Å². The van der Waals surface area contributed by atoms with E-state index in [1.165, 1.54) is 0 Å². The summed E-state index contributed by atoms with van der Waals surface area (Å²) in [4.78, 5) is 48.9. The Hall–Kier alpha value is -3.18. The molecule has 12 heteroatoms. The molecule has 3 atom stereocenters. The summed E-state index contributed by atoms with van der Waals surface area (Å²) < 4.78 is 16.4. The average Bonchev–Trinajstić information content (AvgIpc) is 3.41. The summed E-state index contributed by atoms with van der Waals surface area (Å²) in [5, 5.41) is 15.9. The molecule has 0 spiro atoms. The number of rotatable bonds is 10. The van der Waals surface area contributed by atoms with Crippen molar-refractivity contribution in [2.24, 2.45) is 0 Å². The lowest BCUT2D eigenvalue weighted by molar-refractivity contribution is -0.144. The van der Waals surface area contributed by atoms with Gasteiger partial charge in [-0.3, -0.25) is 14.4 Å². The molecule has 208 valence electrons. The summed E-state index contributed by atoms with van der Waals surface area (Å²) in [5.41, 5.74) is 1.29. The zero-order valence-electron chi connectivity index (χ0n) is 20.9. The molecule has 0 radical (unpaired) electrons. The molecule has 2 aliphatic rings. The number of carbonyl (C=O) groups is 4. The summed E-state index contributed by atoms with van der Waals surface area (Å²) in [6.45, 7) is -0.124. The van der Waals surface area contributed by atoms with Crippen LogP contribution in [0.4, 0.5) is 0 Å². The molecule has 0 bridgehead atoms. The molecule has 1 heterocycles. The highest BCUT2D eigenvalue weighted by Crippen LogP contribution is 2.26. The smallest absolute Gasteiger partial charge is 0.326 e. The Morgan fingerprint density at radius 3 is 2.21 bits per heavy atom. The summed E-state index contributed by atoms with van der Waals surface area (Å²) in [6.07, 6.45) is -0.718. The van der Waals surface area contributed by atoms with Gasteiger partial charge in [-0.05, 0) is 42.7 Å². The van der Waals surface area contributed by atoms with Crippen molar-refractivity contribution in [1.29, 1.82) is 0 Å². The van der Waals surface area contributed by atoms with Crippen LogP contribution >= 0.6 is 23.2 Å². The maximum absolute atomic E-state index is 12.9. The van der Waals surface area contributed by atoms with E-state index < -0.39 is 36.0 Å². The highest BCUT2D eigenvalue weighted by Gasteiger charge is 2.42. The van der Waals surface area contributed by atoms with Crippen LogP contribution in [0, 0.1) is 0 Å². The van der Waals surface area contributed by atoms with Gasteiger partial charge in [-0.1, -0.05) is 41.4 Å². The number of carboxylic acid groups (broad SMARTS) is 1. The van der Waals surface area contributed by atoms with Crippen molar-refractivity contribution in [1.82, 2.24) is 10.6 Å². The van der Waals surface area contributed by atoms with E-state index in [1.54, 1.807) is 42.5 Å². The van der Waals surface area contributed by atoms with Crippen LogP contribution < -0.4 is 15.4 Å². The third-order valence-corrected chi connectivity index (χ3v) is 7.31. The summed E-state index contributed by atoms with van der Waals surface area (Å²) >= 11 is 12.3. The number of hydrogen-bond acceptors (Lipinski definition) is 7. The number of benzene rings is 2. The molecule has 3 unspecified atom stereocenters. The first-order valence-corrected chi connectivity index (χ1v) is 13.2. The van der Waals surface area contributed by atoms with E-state index >= 15 is 0 Å². The Morgan fingerprint density at radius 1 is 0.974 bits per heavy atom. The second-order valence-corrected chi connectivity index (χ2v) is 10.2. The minimum Gasteiger partial charge on any atom is -0.489 e. The molecule has 4 rings (SSSR count). The van der Waals surface area contributed by atoms with Crippen LogP contribution in [0.3, 0.4) is 0 Å². The van der Waals surface area contributed by atoms with Gasteiger partial charge in [-0.25, -0.2) is 4.79 Å². The Balaban J connectivity index is 1.32. The number of nitrogens with one attached hydrogen (secondary N) is 2.